The number of amides is 4. The number of carbonyl (C=O) groups is 4. The molecule has 0 aromatic heterocycles. The van der Waals surface area contributed by atoms with Gasteiger partial charge in [0.05, 0.1) is 6.42 Å². The average Bonchev–Trinajstić information content (AvgIpc) is 2.81. The van der Waals surface area contributed by atoms with Gasteiger partial charge in [-0.05, 0) is 31.5 Å². The lowest BCUT2D eigenvalue weighted by Gasteiger charge is -2.23. The Labute approximate surface area is 138 Å². The van der Waals surface area contributed by atoms with E-state index in [-0.39, 0.29) is 18.9 Å². The van der Waals surface area contributed by atoms with Crippen LogP contribution in [0.15, 0.2) is 24.3 Å². The Bertz CT molecular complexity index is 703. The molecule has 0 radical (unpaired) electrons. The highest BCUT2D eigenvalue weighted by atomic mass is 16.4. The molecule has 1 atom stereocenters. The van der Waals surface area contributed by atoms with Crippen LogP contribution in [0.1, 0.15) is 36.2 Å². The zero-order valence-corrected chi connectivity index (χ0v) is 13.5. The molecule has 0 saturated carbocycles. The van der Waals surface area contributed by atoms with Crippen LogP contribution in [0.2, 0.25) is 0 Å². The van der Waals surface area contributed by atoms with Crippen molar-refractivity contribution in [2.24, 2.45) is 0 Å². The first-order valence-electron chi connectivity index (χ1n) is 7.53. The summed E-state index contributed by atoms with van der Waals surface area (Å²) in [6.45, 7) is 3.78. The molecule has 24 heavy (non-hydrogen) atoms. The van der Waals surface area contributed by atoms with Gasteiger partial charge in [-0.1, -0.05) is 12.1 Å². The minimum atomic E-state index is -1.24. The monoisotopic (exact) mass is 333 g/mol. The number of nitrogens with one attached hydrogen (secondary N) is 2. The van der Waals surface area contributed by atoms with Crippen molar-refractivity contribution in [2.45, 2.75) is 25.8 Å². The molecule has 1 fully saturated rings. The van der Waals surface area contributed by atoms with Gasteiger partial charge in [0.2, 0.25) is 0 Å². The molecule has 128 valence electrons. The Kier molecular flexibility index (Phi) is 4.87. The van der Waals surface area contributed by atoms with Gasteiger partial charge in [-0.15, -0.1) is 0 Å². The molecule has 1 heterocycles. The maximum absolute atomic E-state index is 12.6. The van der Waals surface area contributed by atoms with Crippen LogP contribution < -0.4 is 10.6 Å². The quantitative estimate of drug-likeness (QED) is 0.662. The van der Waals surface area contributed by atoms with E-state index < -0.39 is 23.4 Å². The summed E-state index contributed by atoms with van der Waals surface area (Å²) in [5.74, 6) is -1.79. The van der Waals surface area contributed by atoms with Crippen LogP contribution in [0, 0.1) is 0 Å². The molecule has 1 aromatic rings. The predicted octanol–water partition coefficient (Wildman–Crippen LogP) is 0.678. The van der Waals surface area contributed by atoms with Crippen LogP contribution in [0.5, 0.6) is 0 Å². The van der Waals surface area contributed by atoms with Crippen molar-refractivity contribution in [1.29, 1.82) is 0 Å². The summed E-state index contributed by atoms with van der Waals surface area (Å²) in [4.78, 5) is 48.1. The lowest BCUT2D eigenvalue weighted by molar-refractivity contribution is -0.137. The molecule has 1 aromatic carbocycles. The first-order chi connectivity index (χ1) is 11.3. The summed E-state index contributed by atoms with van der Waals surface area (Å²) in [6, 6.07) is 5.81. The second-order valence-corrected chi connectivity index (χ2v) is 5.64. The second-order valence-electron chi connectivity index (χ2n) is 5.64. The molecule has 2 rings (SSSR count). The van der Waals surface area contributed by atoms with E-state index in [0.717, 1.165) is 0 Å². The molecule has 1 aliphatic heterocycles. The van der Waals surface area contributed by atoms with E-state index in [1.165, 1.54) is 11.0 Å². The smallest absolute Gasteiger partial charge is 0.322 e. The van der Waals surface area contributed by atoms with Gasteiger partial charge in [-0.3, -0.25) is 19.7 Å². The number of hydrogen-bond donors (Lipinski definition) is 3. The minimum absolute atomic E-state index is 0.101. The molecule has 8 nitrogen and oxygen atoms in total. The number of nitrogens with zero attached hydrogens (tertiary/aromatic N) is 1. The highest BCUT2D eigenvalue weighted by Gasteiger charge is 2.43. The number of carboxylic acid groups (broad SMARTS) is 1. The Hall–Kier alpha value is -2.90. The van der Waals surface area contributed by atoms with E-state index in [0.29, 0.717) is 17.7 Å². The fourth-order valence-corrected chi connectivity index (χ4v) is 2.53. The van der Waals surface area contributed by atoms with Crippen LogP contribution in [0.25, 0.3) is 0 Å². The molecule has 0 bridgehead atoms. The Morgan fingerprint density at radius 2 is 2.00 bits per heavy atom. The van der Waals surface area contributed by atoms with E-state index in [1.807, 2.05) is 0 Å². The first kappa shape index (κ1) is 17.5. The number of aliphatic carboxylic acids is 1. The SMILES string of the molecule is CCN(CCC(=O)O)C(=O)c1cccc(C2(C)NC(=O)NC2=O)c1. The Balaban J connectivity index is 2.26. The molecule has 1 saturated heterocycles. The molecule has 4 amide bonds. The van der Waals surface area contributed by atoms with Gasteiger partial charge in [0.25, 0.3) is 11.8 Å². The molecule has 1 unspecified atom stereocenters. The third-order valence-electron chi connectivity index (χ3n) is 4.00. The zero-order valence-electron chi connectivity index (χ0n) is 13.5. The normalized spacial score (nSPS) is 19.6. The van der Waals surface area contributed by atoms with E-state index in [1.54, 1.807) is 32.0 Å². The molecular formula is C16H19N3O5. The number of urea groups is 1. The van der Waals surface area contributed by atoms with Crippen molar-refractivity contribution >= 4 is 23.8 Å². The Morgan fingerprint density at radius 1 is 1.29 bits per heavy atom. The van der Waals surface area contributed by atoms with E-state index in [2.05, 4.69) is 10.6 Å². The van der Waals surface area contributed by atoms with E-state index in [9.17, 15) is 19.2 Å². The number of imide groups is 1. The summed E-state index contributed by atoms with van der Waals surface area (Å²) < 4.78 is 0. The van der Waals surface area contributed by atoms with Gasteiger partial charge < -0.3 is 15.3 Å². The topological polar surface area (TPSA) is 116 Å². The lowest BCUT2D eigenvalue weighted by atomic mass is 9.91. The van der Waals surface area contributed by atoms with Crippen LogP contribution in [0.3, 0.4) is 0 Å². The van der Waals surface area contributed by atoms with Crippen molar-refractivity contribution in [3.8, 4) is 0 Å². The highest BCUT2D eigenvalue weighted by molar-refractivity contribution is 6.07. The third-order valence-corrected chi connectivity index (χ3v) is 4.00. The van der Waals surface area contributed by atoms with Gasteiger partial charge in [0.1, 0.15) is 5.54 Å². The molecule has 8 heteroatoms. The number of benzene rings is 1. The van der Waals surface area contributed by atoms with Gasteiger partial charge in [0, 0.05) is 18.7 Å². The summed E-state index contributed by atoms with van der Waals surface area (Å²) >= 11 is 0. The average molecular weight is 333 g/mol. The van der Waals surface area contributed by atoms with Crippen LogP contribution >= 0.6 is 0 Å². The van der Waals surface area contributed by atoms with Crippen molar-refractivity contribution in [2.75, 3.05) is 13.1 Å². The Morgan fingerprint density at radius 3 is 2.54 bits per heavy atom. The first-order valence-corrected chi connectivity index (χ1v) is 7.53. The fraction of sp³-hybridized carbons (Fsp3) is 0.375. The molecular weight excluding hydrogens is 314 g/mol. The van der Waals surface area contributed by atoms with E-state index >= 15 is 0 Å². The number of rotatable bonds is 6. The largest absolute Gasteiger partial charge is 0.481 e. The van der Waals surface area contributed by atoms with Gasteiger partial charge in [0.15, 0.2) is 0 Å². The number of carbonyl (C=O) groups excluding carboxylic acids is 3. The fourth-order valence-electron chi connectivity index (χ4n) is 2.53. The number of carboxylic acids is 1. The van der Waals surface area contributed by atoms with Crippen molar-refractivity contribution in [3.05, 3.63) is 35.4 Å². The summed E-state index contributed by atoms with van der Waals surface area (Å²) in [6.07, 6.45) is -0.143. The van der Waals surface area contributed by atoms with Crippen LogP contribution in [-0.2, 0) is 15.1 Å². The van der Waals surface area contributed by atoms with Crippen LogP contribution in [-0.4, -0.2) is 46.9 Å². The van der Waals surface area contributed by atoms with Crippen LogP contribution in [0.4, 0.5) is 4.79 Å². The van der Waals surface area contributed by atoms with Gasteiger partial charge >= 0.3 is 12.0 Å². The summed E-state index contributed by atoms with van der Waals surface area (Å²) in [5.41, 5.74) is -0.438. The maximum Gasteiger partial charge on any atom is 0.322 e. The summed E-state index contributed by atoms with van der Waals surface area (Å²) in [7, 11) is 0. The number of hydrogen-bond acceptors (Lipinski definition) is 4. The molecule has 1 aliphatic rings. The van der Waals surface area contributed by atoms with Crippen molar-refractivity contribution in [1.82, 2.24) is 15.5 Å². The standard InChI is InChI=1S/C16H19N3O5/c1-3-19(8-7-12(20)21)13(22)10-5-4-6-11(9-10)16(2)14(23)17-15(24)18-16/h4-6,9H,3,7-8H2,1-2H3,(H,20,21)(H2,17,18,23,24). The van der Waals surface area contributed by atoms with E-state index in [4.69, 9.17) is 5.11 Å². The lowest BCUT2D eigenvalue weighted by Crippen LogP contribution is -2.41. The molecule has 0 aliphatic carbocycles. The van der Waals surface area contributed by atoms with Crippen molar-refractivity contribution in [3.63, 3.8) is 0 Å². The van der Waals surface area contributed by atoms with Gasteiger partial charge in [-0.25, -0.2) is 4.79 Å². The second kappa shape index (κ2) is 6.69. The minimum Gasteiger partial charge on any atom is -0.481 e. The molecule has 3 N–H and O–H groups in total. The zero-order chi connectivity index (χ0) is 17.9. The molecule has 0 spiro atoms. The van der Waals surface area contributed by atoms with Gasteiger partial charge in [-0.2, -0.15) is 0 Å². The summed E-state index contributed by atoms with van der Waals surface area (Å²) in [5, 5.41) is 13.5. The maximum atomic E-state index is 12.6. The van der Waals surface area contributed by atoms with Crippen molar-refractivity contribution < 1.29 is 24.3 Å². The predicted molar refractivity (Wildman–Crippen MR) is 84.3 cm³/mol. The third kappa shape index (κ3) is 3.37. The highest BCUT2D eigenvalue weighted by Crippen LogP contribution is 2.25.